The third kappa shape index (κ3) is 34.4. The quantitative estimate of drug-likeness (QED) is 0.0554. The van der Waals surface area contributed by atoms with Gasteiger partial charge >= 0.3 is 0 Å². The van der Waals surface area contributed by atoms with Gasteiger partial charge in [0, 0.05) is 13.1 Å². The molecule has 0 radical (unpaired) electrons. The Kier molecular flexibility index (Phi) is 37.0. The maximum absolute atomic E-state index is 3.58. The summed E-state index contributed by atoms with van der Waals surface area (Å²) in [6.45, 7) is 11.7. The number of rotatable bonds is 37. The van der Waals surface area contributed by atoms with E-state index in [4.69, 9.17) is 0 Å². The Bertz CT molecular complexity index is 465. The van der Waals surface area contributed by atoms with Gasteiger partial charge < -0.3 is 0 Å². The predicted molar refractivity (Wildman–Crippen MR) is 193 cm³/mol. The first kappa shape index (κ1) is 41.9. The highest BCUT2D eigenvalue weighted by atomic mass is 15.3. The fourth-order valence-electron chi connectivity index (χ4n) is 6.68. The van der Waals surface area contributed by atoms with Crippen LogP contribution in [0.2, 0.25) is 0 Å². The first-order valence-corrected chi connectivity index (χ1v) is 20.2. The van der Waals surface area contributed by atoms with E-state index in [9.17, 15) is 0 Å². The van der Waals surface area contributed by atoms with Crippen LogP contribution < -0.4 is 10.9 Å². The lowest BCUT2D eigenvalue weighted by Crippen LogP contribution is -2.34. The number of hydrogen-bond acceptors (Lipinski definition) is 2. The molecule has 0 aromatic carbocycles. The largest absolute Gasteiger partial charge is 0.258 e. The standard InChI is InChI=1S/C40H84N2/c1-5-8-11-14-17-20-21-24-27-30-37-41-42-38-36-40(34-29-26-23-19-16-13-10-7-3)35-31-33-39(4)32-28-25-22-18-15-12-9-6-2/h39-42H,5-38H2,1-4H3. The van der Waals surface area contributed by atoms with Gasteiger partial charge in [0.05, 0.1) is 0 Å². The van der Waals surface area contributed by atoms with Gasteiger partial charge in [-0.15, -0.1) is 0 Å². The minimum Gasteiger partial charge on any atom is -0.258 e. The minimum absolute atomic E-state index is 0.923. The second kappa shape index (κ2) is 37.1. The maximum atomic E-state index is 3.58. The van der Waals surface area contributed by atoms with Crippen LogP contribution in [0.4, 0.5) is 0 Å². The van der Waals surface area contributed by atoms with Crippen molar-refractivity contribution in [3.8, 4) is 0 Å². The van der Waals surface area contributed by atoms with Crippen LogP contribution in [0.5, 0.6) is 0 Å². The van der Waals surface area contributed by atoms with Gasteiger partial charge in [-0.25, -0.2) is 0 Å². The molecule has 0 saturated heterocycles. The molecule has 0 aliphatic heterocycles. The van der Waals surface area contributed by atoms with E-state index < -0.39 is 0 Å². The monoisotopic (exact) mass is 593 g/mol. The molecule has 0 heterocycles. The van der Waals surface area contributed by atoms with E-state index in [0.717, 1.165) is 24.9 Å². The Morgan fingerprint density at radius 1 is 0.310 bits per heavy atom. The fourth-order valence-corrected chi connectivity index (χ4v) is 6.68. The zero-order chi connectivity index (χ0) is 30.6. The molecule has 0 aliphatic carbocycles. The topological polar surface area (TPSA) is 24.1 Å². The van der Waals surface area contributed by atoms with Gasteiger partial charge in [-0.3, -0.25) is 10.9 Å². The molecular weight excluding hydrogens is 508 g/mol. The molecule has 0 aromatic rings. The van der Waals surface area contributed by atoms with Crippen LogP contribution in [0.1, 0.15) is 233 Å². The summed E-state index contributed by atoms with van der Waals surface area (Å²) in [5.74, 6) is 1.85. The summed E-state index contributed by atoms with van der Waals surface area (Å²) in [5, 5.41) is 0. The summed E-state index contributed by atoms with van der Waals surface area (Å²) in [4.78, 5) is 0. The third-order valence-corrected chi connectivity index (χ3v) is 9.78. The highest BCUT2D eigenvalue weighted by molar-refractivity contribution is 4.64. The molecule has 0 fully saturated rings. The van der Waals surface area contributed by atoms with Crippen LogP contribution in [-0.2, 0) is 0 Å². The molecule has 2 N–H and O–H groups in total. The van der Waals surface area contributed by atoms with Crippen molar-refractivity contribution in [2.45, 2.75) is 233 Å². The van der Waals surface area contributed by atoms with E-state index in [1.807, 2.05) is 0 Å². The molecule has 0 saturated carbocycles. The molecule has 0 aliphatic rings. The second-order valence-electron chi connectivity index (χ2n) is 14.3. The lowest BCUT2D eigenvalue weighted by atomic mass is 9.89. The van der Waals surface area contributed by atoms with Crippen LogP contribution in [-0.4, -0.2) is 13.1 Å². The molecule has 0 bridgehead atoms. The Labute approximate surface area is 268 Å². The van der Waals surface area contributed by atoms with Crippen molar-refractivity contribution < 1.29 is 0 Å². The molecule has 2 heteroatoms. The zero-order valence-corrected chi connectivity index (χ0v) is 30.2. The van der Waals surface area contributed by atoms with Gasteiger partial charge in [-0.05, 0) is 24.7 Å². The van der Waals surface area contributed by atoms with Gasteiger partial charge in [0.2, 0.25) is 0 Å². The van der Waals surface area contributed by atoms with E-state index in [1.165, 1.54) is 205 Å². The summed E-state index contributed by atoms with van der Waals surface area (Å²) >= 11 is 0. The average molecular weight is 593 g/mol. The van der Waals surface area contributed by atoms with E-state index in [0.29, 0.717) is 0 Å². The van der Waals surface area contributed by atoms with Crippen molar-refractivity contribution in [1.29, 1.82) is 0 Å². The Morgan fingerprint density at radius 3 is 1.12 bits per heavy atom. The van der Waals surface area contributed by atoms with Crippen molar-refractivity contribution in [2.75, 3.05) is 13.1 Å². The van der Waals surface area contributed by atoms with Crippen LogP contribution in [0.15, 0.2) is 0 Å². The molecule has 2 nitrogen and oxygen atoms in total. The zero-order valence-electron chi connectivity index (χ0n) is 30.2. The summed E-state index contributed by atoms with van der Waals surface area (Å²) in [5.41, 5.74) is 7.12. The van der Waals surface area contributed by atoms with E-state index >= 15 is 0 Å². The lowest BCUT2D eigenvalue weighted by molar-refractivity contribution is 0.345. The van der Waals surface area contributed by atoms with E-state index in [1.54, 1.807) is 0 Å². The Morgan fingerprint density at radius 2 is 0.643 bits per heavy atom. The molecule has 0 spiro atoms. The summed E-state index contributed by atoms with van der Waals surface area (Å²) in [6.07, 6.45) is 46.0. The summed E-state index contributed by atoms with van der Waals surface area (Å²) in [6, 6.07) is 0. The second-order valence-corrected chi connectivity index (χ2v) is 14.3. The van der Waals surface area contributed by atoms with Crippen LogP contribution >= 0.6 is 0 Å². The Hall–Kier alpha value is -0.0800. The SMILES string of the molecule is CCCCCCCCCCCCNNCCC(CCCCCCCCCC)CCCC(C)CCCCCCCCCC. The summed E-state index contributed by atoms with van der Waals surface area (Å²) < 4.78 is 0. The van der Waals surface area contributed by atoms with Gasteiger partial charge in [0.15, 0.2) is 0 Å². The third-order valence-electron chi connectivity index (χ3n) is 9.78. The average Bonchev–Trinajstić information content (AvgIpc) is 2.99. The molecule has 2 atom stereocenters. The van der Waals surface area contributed by atoms with Crippen LogP contribution in [0.3, 0.4) is 0 Å². The molecule has 254 valence electrons. The lowest BCUT2D eigenvalue weighted by Gasteiger charge is -2.19. The number of nitrogens with one attached hydrogen (secondary N) is 2. The van der Waals surface area contributed by atoms with Crippen molar-refractivity contribution in [3.05, 3.63) is 0 Å². The van der Waals surface area contributed by atoms with Gasteiger partial charge in [0.25, 0.3) is 0 Å². The summed E-state index contributed by atoms with van der Waals surface area (Å²) in [7, 11) is 0. The number of hydrazine groups is 1. The first-order valence-electron chi connectivity index (χ1n) is 20.2. The van der Waals surface area contributed by atoms with Crippen molar-refractivity contribution in [3.63, 3.8) is 0 Å². The van der Waals surface area contributed by atoms with Crippen molar-refractivity contribution in [1.82, 2.24) is 10.9 Å². The van der Waals surface area contributed by atoms with Gasteiger partial charge in [-0.2, -0.15) is 0 Å². The fraction of sp³-hybridized carbons (Fsp3) is 1.00. The van der Waals surface area contributed by atoms with Gasteiger partial charge in [-0.1, -0.05) is 220 Å². The van der Waals surface area contributed by atoms with E-state index in [2.05, 4.69) is 38.5 Å². The normalized spacial score (nSPS) is 13.1. The maximum Gasteiger partial charge on any atom is 0.0102 e. The highest BCUT2D eigenvalue weighted by Crippen LogP contribution is 2.24. The molecule has 0 rings (SSSR count). The smallest absolute Gasteiger partial charge is 0.0102 e. The highest BCUT2D eigenvalue weighted by Gasteiger charge is 2.10. The minimum atomic E-state index is 0.923. The molecule has 0 amide bonds. The number of hydrogen-bond donors (Lipinski definition) is 2. The Balaban J connectivity index is 3.95. The van der Waals surface area contributed by atoms with Gasteiger partial charge in [0.1, 0.15) is 0 Å². The van der Waals surface area contributed by atoms with E-state index in [-0.39, 0.29) is 0 Å². The van der Waals surface area contributed by atoms with Crippen molar-refractivity contribution in [2.24, 2.45) is 11.8 Å². The van der Waals surface area contributed by atoms with Crippen molar-refractivity contribution >= 4 is 0 Å². The molecule has 0 aromatic heterocycles. The molecular formula is C40H84N2. The molecule has 42 heavy (non-hydrogen) atoms. The number of unbranched alkanes of at least 4 members (excludes halogenated alkanes) is 23. The van der Waals surface area contributed by atoms with Crippen LogP contribution in [0.25, 0.3) is 0 Å². The predicted octanol–water partition coefficient (Wildman–Crippen LogP) is 13.9. The molecule has 2 unspecified atom stereocenters. The first-order chi connectivity index (χ1) is 20.7. The van der Waals surface area contributed by atoms with Crippen LogP contribution in [0, 0.1) is 11.8 Å².